The molecule has 2 unspecified atom stereocenters. The van der Waals surface area contributed by atoms with Crippen molar-refractivity contribution in [2.24, 2.45) is 0 Å². The van der Waals surface area contributed by atoms with Gasteiger partial charge in [-0.15, -0.1) is 0 Å². The molecule has 2 N–H and O–H groups in total. The predicted molar refractivity (Wildman–Crippen MR) is 71.9 cm³/mol. The first-order valence-electron chi connectivity index (χ1n) is 6.46. The summed E-state index contributed by atoms with van der Waals surface area (Å²) in [6.45, 7) is 2.50. The Bertz CT molecular complexity index is 634. The molecular formula is C15H15NO4. The van der Waals surface area contributed by atoms with E-state index in [4.69, 9.17) is 14.3 Å². The van der Waals surface area contributed by atoms with Crippen molar-refractivity contribution in [2.45, 2.75) is 19.0 Å². The second kappa shape index (κ2) is 5.02. The number of carboxylic acids is 1. The fraction of sp³-hybridized carbons (Fsp3) is 0.267. The first kappa shape index (κ1) is 12.7. The number of furan rings is 1. The second-order valence-electron chi connectivity index (χ2n) is 4.80. The van der Waals surface area contributed by atoms with E-state index in [2.05, 4.69) is 5.32 Å². The van der Waals surface area contributed by atoms with E-state index in [1.54, 1.807) is 6.07 Å². The van der Waals surface area contributed by atoms with E-state index >= 15 is 0 Å². The summed E-state index contributed by atoms with van der Waals surface area (Å²) in [6.07, 6.45) is 0. The minimum atomic E-state index is -1.06. The quantitative estimate of drug-likeness (QED) is 0.896. The van der Waals surface area contributed by atoms with Crippen LogP contribution in [0.15, 0.2) is 40.8 Å². The Morgan fingerprint density at radius 1 is 1.35 bits per heavy atom. The number of hydrogen-bond donors (Lipinski definition) is 2. The van der Waals surface area contributed by atoms with Gasteiger partial charge in [-0.3, -0.25) is 5.32 Å². The number of fused-ring (bicyclic) bond motifs is 1. The van der Waals surface area contributed by atoms with Crippen LogP contribution in [0.5, 0.6) is 5.75 Å². The Labute approximate surface area is 116 Å². The zero-order valence-corrected chi connectivity index (χ0v) is 11.0. The number of ether oxygens (including phenoxy) is 1. The molecule has 0 saturated carbocycles. The molecule has 20 heavy (non-hydrogen) atoms. The molecule has 5 heteroatoms. The molecule has 1 aliphatic heterocycles. The van der Waals surface area contributed by atoms with Gasteiger partial charge in [0.25, 0.3) is 0 Å². The van der Waals surface area contributed by atoms with E-state index in [0.29, 0.717) is 12.4 Å². The van der Waals surface area contributed by atoms with Crippen LogP contribution in [0.1, 0.15) is 40.9 Å². The normalized spacial score (nSPS) is 18.4. The fourth-order valence-electron chi connectivity index (χ4n) is 2.39. The molecule has 0 aliphatic carbocycles. The summed E-state index contributed by atoms with van der Waals surface area (Å²) in [7, 11) is 0. The van der Waals surface area contributed by atoms with Gasteiger partial charge in [0, 0.05) is 5.56 Å². The lowest BCUT2D eigenvalue weighted by molar-refractivity contribution is 0.0659. The lowest BCUT2D eigenvalue weighted by Crippen LogP contribution is -2.25. The topological polar surface area (TPSA) is 71.7 Å². The molecule has 0 saturated heterocycles. The summed E-state index contributed by atoms with van der Waals surface area (Å²) in [5.74, 6) is 0.393. The largest absolute Gasteiger partial charge is 0.491 e. The molecule has 0 bridgehead atoms. The summed E-state index contributed by atoms with van der Waals surface area (Å²) in [4.78, 5) is 10.8. The Morgan fingerprint density at radius 3 is 2.90 bits per heavy atom. The van der Waals surface area contributed by atoms with Crippen LogP contribution < -0.4 is 10.1 Å². The zero-order valence-electron chi connectivity index (χ0n) is 11.0. The lowest BCUT2D eigenvalue weighted by Gasteiger charge is -2.16. The summed E-state index contributed by atoms with van der Waals surface area (Å²) in [5.41, 5.74) is 1.12. The van der Waals surface area contributed by atoms with E-state index in [0.717, 1.165) is 11.3 Å². The number of nitrogens with one attached hydrogen (secondary N) is 1. The third-order valence-electron chi connectivity index (χ3n) is 3.42. The molecule has 0 spiro atoms. The predicted octanol–water partition coefficient (Wildman–Crippen LogP) is 2.76. The molecule has 2 aromatic rings. The first-order valence-corrected chi connectivity index (χ1v) is 6.46. The van der Waals surface area contributed by atoms with Crippen LogP contribution in [0.2, 0.25) is 0 Å². The fourth-order valence-corrected chi connectivity index (χ4v) is 2.39. The average Bonchev–Trinajstić information content (AvgIpc) is 3.06. The number of para-hydroxylation sites is 1. The van der Waals surface area contributed by atoms with E-state index in [9.17, 15) is 4.79 Å². The molecule has 0 radical (unpaired) electrons. The Morgan fingerprint density at radius 2 is 2.15 bits per heavy atom. The maximum atomic E-state index is 10.8. The summed E-state index contributed by atoms with van der Waals surface area (Å²) >= 11 is 0. The minimum absolute atomic E-state index is 0.0447. The van der Waals surface area contributed by atoms with Gasteiger partial charge in [-0.1, -0.05) is 18.2 Å². The smallest absolute Gasteiger partial charge is 0.371 e. The highest BCUT2D eigenvalue weighted by Crippen LogP contribution is 2.33. The van der Waals surface area contributed by atoms with E-state index in [-0.39, 0.29) is 17.8 Å². The second-order valence-corrected chi connectivity index (χ2v) is 4.80. The molecule has 2 heterocycles. The maximum absolute atomic E-state index is 10.8. The number of aromatic carboxylic acids is 1. The number of hydrogen-bond acceptors (Lipinski definition) is 4. The first-order chi connectivity index (χ1) is 9.65. The Balaban J connectivity index is 1.73. The van der Waals surface area contributed by atoms with Crippen molar-refractivity contribution in [2.75, 3.05) is 6.61 Å². The number of carboxylic acid groups (broad SMARTS) is 1. The third-order valence-corrected chi connectivity index (χ3v) is 3.42. The van der Waals surface area contributed by atoms with Gasteiger partial charge in [0.1, 0.15) is 18.1 Å². The van der Waals surface area contributed by atoms with Crippen molar-refractivity contribution in [1.82, 2.24) is 5.32 Å². The van der Waals surface area contributed by atoms with Crippen molar-refractivity contribution in [3.63, 3.8) is 0 Å². The third kappa shape index (κ3) is 2.28. The molecule has 3 rings (SSSR count). The molecule has 104 valence electrons. The van der Waals surface area contributed by atoms with Crippen molar-refractivity contribution < 1.29 is 19.1 Å². The maximum Gasteiger partial charge on any atom is 0.371 e. The van der Waals surface area contributed by atoms with Gasteiger partial charge in [-0.2, -0.15) is 0 Å². The van der Waals surface area contributed by atoms with Gasteiger partial charge < -0.3 is 14.3 Å². The van der Waals surface area contributed by atoms with Crippen LogP contribution >= 0.6 is 0 Å². The van der Waals surface area contributed by atoms with Crippen LogP contribution in [0, 0.1) is 0 Å². The summed E-state index contributed by atoms with van der Waals surface area (Å²) in [5, 5.41) is 12.3. The van der Waals surface area contributed by atoms with E-state index < -0.39 is 5.97 Å². The van der Waals surface area contributed by atoms with Crippen LogP contribution in [0.3, 0.4) is 0 Å². The van der Waals surface area contributed by atoms with Gasteiger partial charge in [0.15, 0.2) is 0 Å². The van der Waals surface area contributed by atoms with Crippen molar-refractivity contribution in [1.29, 1.82) is 0 Å². The molecule has 0 amide bonds. The molecular weight excluding hydrogens is 258 g/mol. The highest BCUT2D eigenvalue weighted by Gasteiger charge is 2.26. The number of benzene rings is 1. The summed E-state index contributed by atoms with van der Waals surface area (Å²) < 4.78 is 10.9. The highest BCUT2D eigenvalue weighted by molar-refractivity contribution is 5.84. The monoisotopic (exact) mass is 273 g/mol. The zero-order chi connectivity index (χ0) is 14.1. The highest BCUT2D eigenvalue weighted by atomic mass is 16.5. The van der Waals surface area contributed by atoms with E-state index in [1.807, 2.05) is 31.2 Å². The molecule has 1 aromatic carbocycles. The average molecular weight is 273 g/mol. The van der Waals surface area contributed by atoms with Gasteiger partial charge in [0.05, 0.1) is 12.1 Å². The molecule has 1 aliphatic rings. The number of carbonyl (C=O) groups is 1. The van der Waals surface area contributed by atoms with Gasteiger partial charge >= 0.3 is 5.97 Å². The van der Waals surface area contributed by atoms with Gasteiger partial charge in [-0.05, 0) is 25.1 Å². The standard InChI is InChI=1S/C15H15NO4/c1-9(12-6-7-14(20-12)15(17)18)16-11-8-19-13-5-3-2-4-10(11)13/h2-7,9,11,16H,8H2,1H3,(H,17,18). The van der Waals surface area contributed by atoms with Crippen LogP contribution in [0.25, 0.3) is 0 Å². The number of rotatable bonds is 4. The van der Waals surface area contributed by atoms with Crippen LogP contribution in [-0.4, -0.2) is 17.7 Å². The minimum Gasteiger partial charge on any atom is -0.491 e. The molecule has 2 atom stereocenters. The van der Waals surface area contributed by atoms with Gasteiger partial charge in [-0.25, -0.2) is 4.79 Å². The SMILES string of the molecule is CC(NC1COc2ccccc21)c1ccc(C(=O)O)o1. The lowest BCUT2D eigenvalue weighted by atomic mass is 10.1. The molecule has 0 fully saturated rings. The van der Waals surface area contributed by atoms with Crippen LogP contribution in [0.4, 0.5) is 0 Å². The van der Waals surface area contributed by atoms with Crippen LogP contribution in [-0.2, 0) is 0 Å². The molecule has 1 aromatic heterocycles. The van der Waals surface area contributed by atoms with Crippen molar-refractivity contribution >= 4 is 5.97 Å². The molecule has 5 nitrogen and oxygen atoms in total. The van der Waals surface area contributed by atoms with Crippen molar-refractivity contribution in [3.8, 4) is 5.75 Å². The Kier molecular flexibility index (Phi) is 3.20. The summed E-state index contributed by atoms with van der Waals surface area (Å²) in [6, 6.07) is 11.0. The Hall–Kier alpha value is -2.27. The van der Waals surface area contributed by atoms with Crippen molar-refractivity contribution in [3.05, 3.63) is 53.5 Å². The van der Waals surface area contributed by atoms with Gasteiger partial charge in [0.2, 0.25) is 5.76 Å². The van der Waals surface area contributed by atoms with E-state index in [1.165, 1.54) is 6.07 Å².